The van der Waals surface area contributed by atoms with E-state index in [0.29, 0.717) is 18.7 Å². The Morgan fingerprint density at radius 2 is 2.36 bits per heavy atom. The van der Waals surface area contributed by atoms with Crippen LogP contribution in [0.4, 0.5) is 0 Å². The molecular formula is C8H18N2O. The van der Waals surface area contributed by atoms with Crippen molar-refractivity contribution in [1.82, 2.24) is 10.6 Å². The quantitative estimate of drug-likeness (QED) is 0.515. The Kier molecular flexibility index (Phi) is 3.83. The Morgan fingerprint density at radius 1 is 1.64 bits per heavy atom. The lowest BCUT2D eigenvalue weighted by Gasteiger charge is -2.31. The fraction of sp³-hybridized carbons (Fsp3) is 1.00. The Labute approximate surface area is 68.2 Å². The molecular weight excluding hydrogens is 140 g/mol. The van der Waals surface area contributed by atoms with Crippen LogP contribution in [0.25, 0.3) is 0 Å². The minimum atomic E-state index is 0.314. The van der Waals surface area contributed by atoms with Gasteiger partial charge in [-0.3, -0.25) is 0 Å². The highest BCUT2D eigenvalue weighted by Gasteiger charge is 2.17. The number of hydrogen-bond donors (Lipinski definition) is 3. The van der Waals surface area contributed by atoms with Crippen LogP contribution in [-0.2, 0) is 0 Å². The van der Waals surface area contributed by atoms with Gasteiger partial charge in [0.05, 0.1) is 0 Å². The third-order valence-corrected chi connectivity index (χ3v) is 2.10. The SMILES string of the molecule is CC(CCCO)NC1CNC1. The molecule has 0 saturated carbocycles. The van der Waals surface area contributed by atoms with Gasteiger partial charge >= 0.3 is 0 Å². The third kappa shape index (κ3) is 3.18. The topological polar surface area (TPSA) is 44.3 Å². The van der Waals surface area contributed by atoms with Gasteiger partial charge in [0.15, 0.2) is 0 Å². The molecule has 0 amide bonds. The van der Waals surface area contributed by atoms with E-state index in [1.54, 1.807) is 0 Å². The summed E-state index contributed by atoms with van der Waals surface area (Å²) in [4.78, 5) is 0. The summed E-state index contributed by atoms with van der Waals surface area (Å²) < 4.78 is 0. The molecule has 0 aliphatic carbocycles. The number of aliphatic hydroxyl groups is 1. The summed E-state index contributed by atoms with van der Waals surface area (Å²) in [5, 5.41) is 15.3. The van der Waals surface area contributed by atoms with E-state index in [9.17, 15) is 0 Å². The van der Waals surface area contributed by atoms with Crippen molar-refractivity contribution in [3.8, 4) is 0 Å². The lowest BCUT2D eigenvalue weighted by atomic mass is 10.1. The number of nitrogens with one attached hydrogen (secondary N) is 2. The van der Waals surface area contributed by atoms with Crippen molar-refractivity contribution in [1.29, 1.82) is 0 Å². The maximum Gasteiger partial charge on any atom is 0.0431 e. The van der Waals surface area contributed by atoms with E-state index in [4.69, 9.17) is 5.11 Å². The monoisotopic (exact) mass is 158 g/mol. The van der Waals surface area contributed by atoms with Crippen molar-refractivity contribution in [2.24, 2.45) is 0 Å². The van der Waals surface area contributed by atoms with Gasteiger partial charge in [-0.15, -0.1) is 0 Å². The molecule has 1 atom stereocenters. The molecule has 0 spiro atoms. The average molecular weight is 158 g/mol. The smallest absolute Gasteiger partial charge is 0.0431 e. The van der Waals surface area contributed by atoms with Gasteiger partial charge < -0.3 is 15.7 Å². The largest absolute Gasteiger partial charge is 0.396 e. The van der Waals surface area contributed by atoms with Gasteiger partial charge in [0, 0.05) is 31.8 Å². The molecule has 0 radical (unpaired) electrons. The van der Waals surface area contributed by atoms with Crippen molar-refractivity contribution in [2.45, 2.75) is 31.8 Å². The lowest BCUT2D eigenvalue weighted by molar-refractivity contribution is 0.265. The molecule has 3 nitrogen and oxygen atoms in total. The zero-order valence-corrected chi connectivity index (χ0v) is 7.14. The van der Waals surface area contributed by atoms with E-state index < -0.39 is 0 Å². The summed E-state index contributed by atoms with van der Waals surface area (Å²) in [7, 11) is 0. The minimum absolute atomic E-state index is 0.314. The second-order valence-electron chi connectivity index (χ2n) is 3.29. The first-order valence-electron chi connectivity index (χ1n) is 4.40. The zero-order chi connectivity index (χ0) is 8.10. The molecule has 0 aromatic heterocycles. The molecule has 1 heterocycles. The highest BCUT2D eigenvalue weighted by atomic mass is 16.2. The van der Waals surface area contributed by atoms with Crippen LogP contribution in [0.15, 0.2) is 0 Å². The predicted octanol–water partition coefficient (Wildman–Crippen LogP) is -0.291. The summed E-state index contributed by atoms with van der Waals surface area (Å²) in [5.41, 5.74) is 0. The molecule has 0 aromatic carbocycles. The lowest BCUT2D eigenvalue weighted by Crippen LogP contribution is -2.57. The van der Waals surface area contributed by atoms with Crippen LogP contribution in [-0.4, -0.2) is 36.9 Å². The maximum atomic E-state index is 8.58. The van der Waals surface area contributed by atoms with Crippen LogP contribution >= 0.6 is 0 Å². The van der Waals surface area contributed by atoms with Gasteiger partial charge in [-0.05, 0) is 19.8 Å². The maximum absolute atomic E-state index is 8.58. The van der Waals surface area contributed by atoms with Crippen molar-refractivity contribution >= 4 is 0 Å². The summed E-state index contributed by atoms with van der Waals surface area (Å²) in [5.74, 6) is 0. The van der Waals surface area contributed by atoms with E-state index in [1.807, 2.05) is 0 Å². The molecule has 1 aliphatic heterocycles. The molecule has 11 heavy (non-hydrogen) atoms. The second kappa shape index (κ2) is 4.70. The molecule has 1 fully saturated rings. The Balaban J connectivity index is 1.95. The molecule has 1 rings (SSSR count). The Hall–Kier alpha value is -0.120. The normalized spacial score (nSPS) is 21.3. The van der Waals surface area contributed by atoms with Gasteiger partial charge in [-0.25, -0.2) is 0 Å². The first-order valence-corrected chi connectivity index (χ1v) is 4.40. The van der Waals surface area contributed by atoms with Gasteiger partial charge in [0.2, 0.25) is 0 Å². The van der Waals surface area contributed by atoms with Crippen LogP contribution in [0.3, 0.4) is 0 Å². The van der Waals surface area contributed by atoms with E-state index in [1.165, 1.54) is 0 Å². The van der Waals surface area contributed by atoms with Crippen LogP contribution in [0.1, 0.15) is 19.8 Å². The van der Waals surface area contributed by atoms with Gasteiger partial charge in [0.1, 0.15) is 0 Å². The van der Waals surface area contributed by atoms with E-state index in [2.05, 4.69) is 17.6 Å². The molecule has 3 heteroatoms. The Bertz CT molecular complexity index is 104. The fourth-order valence-electron chi connectivity index (χ4n) is 1.29. The van der Waals surface area contributed by atoms with Crippen molar-refractivity contribution in [2.75, 3.05) is 19.7 Å². The van der Waals surface area contributed by atoms with Gasteiger partial charge in [-0.1, -0.05) is 0 Å². The van der Waals surface area contributed by atoms with Crippen molar-refractivity contribution < 1.29 is 5.11 Å². The number of rotatable bonds is 5. The molecule has 1 aliphatic rings. The van der Waals surface area contributed by atoms with Crippen molar-refractivity contribution in [3.63, 3.8) is 0 Å². The summed E-state index contributed by atoms with van der Waals surface area (Å²) >= 11 is 0. The highest BCUT2D eigenvalue weighted by Crippen LogP contribution is 1.99. The van der Waals surface area contributed by atoms with Gasteiger partial charge in [-0.2, -0.15) is 0 Å². The third-order valence-electron chi connectivity index (χ3n) is 2.10. The molecule has 0 bridgehead atoms. The Morgan fingerprint density at radius 3 is 2.82 bits per heavy atom. The van der Waals surface area contributed by atoms with Crippen LogP contribution in [0.5, 0.6) is 0 Å². The van der Waals surface area contributed by atoms with Gasteiger partial charge in [0.25, 0.3) is 0 Å². The second-order valence-corrected chi connectivity index (χ2v) is 3.29. The molecule has 1 unspecified atom stereocenters. The first-order chi connectivity index (χ1) is 5.33. The van der Waals surface area contributed by atoms with E-state index in [0.717, 1.165) is 25.9 Å². The van der Waals surface area contributed by atoms with Crippen molar-refractivity contribution in [3.05, 3.63) is 0 Å². The molecule has 1 saturated heterocycles. The molecule has 66 valence electrons. The van der Waals surface area contributed by atoms with E-state index >= 15 is 0 Å². The molecule has 0 aromatic rings. The number of hydrogen-bond acceptors (Lipinski definition) is 3. The van der Waals surface area contributed by atoms with Crippen LogP contribution in [0, 0.1) is 0 Å². The fourth-order valence-corrected chi connectivity index (χ4v) is 1.29. The van der Waals surface area contributed by atoms with Crippen LogP contribution in [0.2, 0.25) is 0 Å². The summed E-state index contributed by atoms with van der Waals surface area (Å²) in [6.07, 6.45) is 1.99. The summed E-state index contributed by atoms with van der Waals surface area (Å²) in [6, 6.07) is 1.22. The average Bonchev–Trinajstić information content (AvgIpc) is 1.93. The highest BCUT2D eigenvalue weighted by molar-refractivity contribution is 4.83. The summed E-state index contributed by atoms with van der Waals surface area (Å²) in [6.45, 7) is 4.69. The molecule has 3 N–H and O–H groups in total. The van der Waals surface area contributed by atoms with E-state index in [-0.39, 0.29) is 0 Å². The van der Waals surface area contributed by atoms with Crippen LogP contribution < -0.4 is 10.6 Å². The number of aliphatic hydroxyl groups excluding tert-OH is 1. The standard InChI is InChI=1S/C8H18N2O/c1-7(3-2-4-11)10-8-5-9-6-8/h7-11H,2-6H2,1H3. The minimum Gasteiger partial charge on any atom is -0.396 e. The zero-order valence-electron chi connectivity index (χ0n) is 7.14. The predicted molar refractivity (Wildman–Crippen MR) is 45.6 cm³/mol. The first kappa shape index (κ1) is 8.97.